The first-order valence-electron chi connectivity index (χ1n) is 7.94. The predicted octanol–water partition coefficient (Wildman–Crippen LogP) is 0.992. The van der Waals surface area contributed by atoms with Gasteiger partial charge in [0.25, 0.3) is 5.91 Å². The number of rotatable bonds is 1. The van der Waals surface area contributed by atoms with Crippen LogP contribution in [0, 0.1) is 33.5 Å². The molecular formula is C17H14N4O4. The number of hydrogen-bond acceptors (Lipinski definition) is 8. The second-order valence-corrected chi connectivity index (χ2v) is 6.70. The van der Waals surface area contributed by atoms with Crippen molar-refractivity contribution in [1.29, 1.82) is 10.5 Å². The number of nitrogens with zero attached hydrogens (tertiary/aromatic N) is 3. The Morgan fingerprint density at radius 3 is 2.72 bits per heavy atom. The van der Waals surface area contributed by atoms with E-state index >= 15 is 0 Å². The van der Waals surface area contributed by atoms with E-state index in [2.05, 4.69) is 17.1 Å². The number of fused-ring (bicyclic) bond motifs is 3. The molecule has 126 valence electrons. The van der Waals surface area contributed by atoms with Gasteiger partial charge in [0, 0.05) is 5.92 Å². The van der Waals surface area contributed by atoms with E-state index in [0.717, 1.165) is 5.56 Å². The van der Waals surface area contributed by atoms with Crippen molar-refractivity contribution in [3.63, 3.8) is 0 Å². The minimum absolute atomic E-state index is 0.0771. The summed E-state index contributed by atoms with van der Waals surface area (Å²) >= 11 is 0. The maximum atomic E-state index is 10.1. The van der Waals surface area contributed by atoms with E-state index < -0.39 is 22.7 Å². The van der Waals surface area contributed by atoms with E-state index in [9.17, 15) is 10.5 Å². The number of aliphatic imine (C=N–C) groups is 1. The maximum absolute atomic E-state index is 10.1. The van der Waals surface area contributed by atoms with Gasteiger partial charge < -0.3 is 24.7 Å². The van der Waals surface area contributed by atoms with Gasteiger partial charge in [-0.3, -0.25) is 0 Å². The first kappa shape index (κ1) is 14.5. The van der Waals surface area contributed by atoms with Gasteiger partial charge in [0.05, 0.1) is 24.8 Å². The lowest BCUT2D eigenvalue weighted by molar-refractivity contribution is -0.193. The second kappa shape index (κ2) is 4.23. The van der Waals surface area contributed by atoms with Crippen molar-refractivity contribution in [2.75, 3.05) is 13.4 Å². The molecule has 0 aromatic heterocycles. The summed E-state index contributed by atoms with van der Waals surface area (Å²) in [5.41, 5.74) is 4.27. The van der Waals surface area contributed by atoms with Crippen molar-refractivity contribution in [3.8, 4) is 23.6 Å². The topological polar surface area (TPSA) is 123 Å². The highest BCUT2D eigenvalue weighted by Gasteiger charge is 2.94. The van der Waals surface area contributed by atoms with Crippen LogP contribution in [0.4, 0.5) is 0 Å². The van der Waals surface area contributed by atoms with E-state index in [1.54, 1.807) is 12.1 Å². The van der Waals surface area contributed by atoms with Crippen LogP contribution < -0.4 is 15.2 Å². The van der Waals surface area contributed by atoms with Crippen LogP contribution in [0.15, 0.2) is 23.2 Å². The molecule has 0 bridgehead atoms. The summed E-state index contributed by atoms with van der Waals surface area (Å²) in [7, 11) is 0. The Morgan fingerprint density at radius 1 is 1.24 bits per heavy atom. The molecule has 1 saturated carbocycles. The Morgan fingerprint density at radius 2 is 2.04 bits per heavy atom. The summed E-state index contributed by atoms with van der Waals surface area (Å²) in [6.07, 6.45) is -0.241. The molecule has 8 nitrogen and oxygen atoms in total. The van der Waals surface area contributed by atoms with Gasteiger partial charge in [0.15, 0.2) is 16.9 Å². The van der Waals surface area contributed by atoms with E-state index in [1.165, 1.54) is 0 Å². The average Bonchev–Trinajstić information content (AvgIpc) is 2.90. The summed E-state index contributed by atoms with van der Waals surface area (Å²) in [5.74, 6) is -0.775. The summed E-state index contributed by atoms with van der Waals surface area (Å²) in [6.45, 7) is 2.26. The normalized spacial score (nSPS) is 42.6. The largest absolute Gasteiger partial charge is 0.454 e. The van der Waals surface area contributed by atoms with Gasteiger partial charge in [-0.25, -0.2) is 4.99 Å². The Hall–Kier alpha value is -2.81. The summed E-state index contributed by atoms with van der Waals surface area (Å²) in [4.78, 5) is 4.28. The molecule has 0 radical (unpaired) electrons. The summed E-state index contributed by atoms with van der Waals surface area (Å²) < 4.78 is 22.4. The first-order valence-corrected chi connectivity index (χ1v) is 7.94. The third-order valence-corrected chi connectivity index (χ3v) is 5.53. The molecule has 3 aliphatic heterocycles. The highest BCUT2D eigenvalue weighted by atomic mass is 16.8. The van der Waals surface area contributed by atoms with Gasteiger partial charge in [0.1, 0.15) is 11.3 Å². The molecule has 2 fully saturated rings. The van der Waals surface area contributed by atoms with Crippen molar-refractivity contribution in [1.82, 2.24) is 0 Å². The highest BCUT2D eigenvalue weighted by Crippen LogP contribution is 2.82. The number of amidine groups is 1. The second-order valence-electron chi connectivity index (χ2n) is 6.70. The Bertz CT molecular complexity index is 918. The van der Waals surface area contributed by atoms with Gasteiger partial charge in [0.2, 0.25) is 6.79 Å². The van der Waals surface area contributed by atoms with Crippen LogP contribution >= 0.6 is 0 Å². The third kappa shape index (κ3) is 1.34. The van der Waals surface area contributed by atoms with Gasteiger partial charge in [-0.15, -0.1) is 0 Å². The fraction of sp³-hybridized carbons (Fsp3) is 0.471. The van der Waals surface area contributed by atoms with E-state index in [1.807, 2.05) is 13.0 Å². The van der Waals surface area contributed by atoms with Gasteiger partial charge in [-0.1, -0.05) is 6.07 Å². The predicted molar refractivity (Wildman–Crippen MR) is 82.3 cm³/mol. The maximum Gasteiger partial charge on any atom is 0.293 e. The number of hydrogen-bond donors (Lipinski definition) is 1. The smallest absolute Gasteiger partial charge is 0.293 e. The monoisotopic (exact) mass is 338 g/mol. The van der Waals surface area contributed by atoms with E-state index in [-0.39, 0.29) is 25.3 Å². The van der Waals surface area contributed by atoms with Crippen LogP contribution in [0.1, 0.15) is 18.4 Å². The molecule has 2 N–H and O–H groups in total. The molecule has 8 heteroatoms. The van der Waals surface area contributed by atoms with Crippen LogP contribution in [0.3, 0.4) is 0 Å². The number of nitrogens with two attached hydrogens (primary N) is 1. The fourth-order valence-electron chi connectivity index (χ4n) is 4.45. The van der Waals surface area contributed by atoms with Crippen LogP contribution in [-0.4, -0.2) is 31.3 Å². The van der Waals surface area contributed by atoms with E-state index in [0.29, 0.717) is 11.5 Å². The molecule has 0 unspecified atom stereocenters. The summed E-state index contributed by atoms with van der Waals surface area (Å²) in [6, 6.07) is 9.85. The molecule has 1 saturated heterocycles. The van der Waals surface area contributed by atoms with E-state index in [4.69, 9.17) is 24.7 Å². The SMILES string of the molecule is C[C@H]1CO[C@]2(N=C(N)[C@@]3(C#N)[C@@H](c4ccc5c(c4)OCO5)[C@@]23C#N)O1. The molecule has 1 aromatic rings. The molecular weight excluding hydrogens is 324 g/mol. The van der Waals surface area contributed by atoms with Crippen molar-refractivity contribution in [2.24, 2.45) is 21.6 Å². The van der Waals surface area contributed by atoms with Crippen LogP contribution in [0.25, 0.3) is 0 Å². The number of ether oxygens (including phenoxy) is 4. The Kier molecular flexibility index (Phi) is 2.46. The van der Waals surface area contributed by atoms with Gasteiger partial charge in [-0.05, 0) is 24.6 Å². The molecule has 5 rings (SSSR count). The van der Waals surface area contributed by atoms with Gasteiger partial charge in [-0.2, -0.15) is 10.5 Å². The van der Waals surface area contributed by atoms with Gasteiger partial charge >= 0.3 is 0 Å². The van der Waals surface area contributed by atoms with Crippen molar-refractivity contribution in [2.45, 2.75) is 24.9 Å². The molecule has 3 heterocycles. The lowest BCUT2D eigenvalue weighted by Gasteiger charge is -2.26. The molecule has 5 atom stereocenters. The average molecular weight is 338 g/mol. The summed E-state index contributed by atoms with van der Waals surface area (Å²) in [5, 5.41) is 20.0. The quantitative estimate of drug-likeness (QED) is 0.810. The Balaban J connectivity index is 1.68. The highest BCUT2D eigenvalue weighted by molar-refractivity contribution is 6.00. The zero-order valence-electron chi connectivity index (χ0n) is 13.4. The minimum Gasteiger partial charge on any atom is -0.454 e. The molecule has 1 aliphatic carbocycles. The minimum atomic E-state index is -1.54. The number of benzene rings is 1. The standard InChI is InChI=1S/C17H14N4O4/c1-9-5-24-17(25-9)16(7-19)13(15(16,6-18)14(20)21-17)10-2-3-11-12(4-10)23-8-22-11/h2-4,9,13H,5,8H2,1H3,(H2,20,21)/t9-,13+,15+,16+,17-/m0/s1. The van der Waals surface area contributed by atoms with Crippen LogP contribution in [0.2, 0.25) is 0 Å². The molecule has 0 amide bonds. The van der Waals surface area contributed by atoms with Crippen molar-refractivity contribution in [3.05, 3.63) is 23.8 Å². The number of nitriles is 2. The fourth-order valence-corrected chi connectivity index (χ4v) is 4.45. The lowest BCUT2D eigenvalue weighted by Crippen LogP contribution is -2.39. The molecule has 1 aromatic carbocycles. The van der Waals surface area contributed by atoms with Crippen LogP contribution in [-0.2, 0) is 9.47 Å². The Labute approximate surface area is 143 Å². The van der Waals surface area contributed by atoms with Crippen molar-refractivity contribution >= 4 is 5.84 Å². The first-order chi connectivity index (χ1) is 12.0. The lowest BCUT2D eigenvalue weighted by atomic mass is 9.94. The van der Waals surface area contributed by atoms with Crippen LogP contribution in [0.5, 0.6) is 11.5 Å². The van der Waals surface area contributed by atoms with Crippen molar-refractivity contribution < 1.29 is 18.9 Å². The molecule has 4 aliphatic rings. The third-order valence-electron chi connectivity index (χ3n) is 5.53. The molecule has 1 spiro atoms. The zero-order chi connectivity index (χ0) is 17.4. The molecule has 25 heavy (non-hydrogen) atoms. The zero-order valence-corrected chi connectivity index (χ0v) is 13.4.